The van der Waals surface area contributed by atoms with E-state index in [1.165, 1.54) is 205 Å². The van der Waals surface area contributed by atoms with Crippen molar-refractivity contribution < 1.29 is 15.0 Å². The van der Waals surface area contributed by atoms with Crippen LogP contribution in [0, 0.1) is 0 Å². The fourth-order valence-corrected chi connectivity index (χ4v) is 7.19. The summed E-state index contributed by atoms with van der Waals surface area (Å²) in [5.74, 6) is -0.0255. The number of aliphatic hydroxyl groups is 2. The molecule has 3 N–H and O–H groups in total. The van der Waals surface area contributed by atoms with E-state index in [4.69, 9.17) is 0 Å². The summed E-state index contributed by atoms with van der Waals surface area (Å²) >= 11 is 0. The van der Waals surface area contributed by atoms with Gasteiger partial charge in [-0.05, 0) is 12.8 Å². The van der Waals surface area contributed by atoms with Gasteiger partial charge in [0.25, 0.3) is 0 Å². The molecule has 0 radical (unpaired) electrons. The number of carbonyl (C=O) groups is 1. The fraction of sp³-hybridized carbons (Fsp3) is 0.977. The third-order valence-corrected chi connectivity index (χ3v) is 10.6. The molecule has 0 spiro atoms. The monoisotopic (exact) mass is 680 g/mol. The second-order valence-corrected chi connectivity index (χ2v) is 15.5. The average Bonchev–Trinajstić information content (AvgIpc) is 3.09. The molecule has 0 aliphatic heterocycles. The van der Waals surface area contributed by atoms with Gasteiger partial charge in [0, 0.05) is 6.42 Å². The van der Waals surface area contributed by atoms with Gasteiger partial charge < -0.3 is 15.5 Å². The Morgan fingerprint density at radius 1 is 0.417 bits per heavy atom. The lowest BCUT2D eigenvalue weighted by atomic mass is 10.0. The minimum absolute atomic E-state index is 0.0255. The Kier molecular flexibility index (Phi) is 40.3. The molecule has 0 unspecified atom stereocenters. The van der Waals surface area contributed by atoms with Crippen molar-refractivity contribution in [3.05, 3.63) is 0 Å². The first-order chi connectivity index (χ1) is 23.7. The maximum Gasteiger partial charge on any atom is 0.220 e. The average molecular weight is 680 g/mol. The predicted molar refractivity (Wildman–Crippen MR) is 212 cm³/mol. The molecule has 0 aliphatic carbocycles. The van der Waals surface area contributed by atoms with Crippen LogP contribution in [-0.4, -0.2) is 34.9 Å². The maximum atomic E-state index is 12.4. The topological polar surface area (TPSA) is 69.6 Å². The van der Waals surface area contributed by atoms with Crippen LogP contribution < -0.4 is 5.32 Å². The number of rotatable bonds is 41. The van der Waals surface area contributed by atoms with E-state index < -0.39 is 12.1 Å². The summed E-state index contributed by atoms with van der Waals surface area (Å²) in [6.45, 7) is 4.38. The van der Waals surface area contributed by atoms with Crippen molar-refractivity contribution in [1.82, 2.24) is 5.32 Å². The molecule has 288 valence electrons. The van der Waals surface area contributed by atoms with Crippen LogP contribution in [-0.2, 0) is 4.79 Å². The number of aliphatic hydroxyl groups excluding tert-OH is 2. The van der Waals surface area contributed by atoms with Gasteiger partial charge in [-0.25, -0.2) is 0 Å². The lowest BCUT2D eigenvalue weighted by molar-refractivity contribution is -0.123. The van der Waals surface area contributed by atoms with Crippen LogP contribution in [0.25, 0.3) is 0 Å². The van der Waals surface area contributed by atoms with Crippen LogP contribution in [0.1, 0.15) is 258 Å². The van der Waals surface area contributed by atoms with Crippen LogP contribution >= 0.6 is 0 Å². The Balaban J connectivity index is 3.46. The van der Waals surface area contributed by atoms with Crippen molar-refractivity contribution in [3.8, 4) is 0 Å². The Bertz CT molecular complexity index is 612. The zero-order valence-corrected chi connectivity index (χ0v) is 33.0. The zero-order valence-electron chi connectivity index (χ0n) is 33.0. The van der Waals surface area contributed by atoms with Crippen molar-refractivity contribution in [2.45, 2.75) is 270 Å². The highest BCUT2D eigenvalue weighted by Gasteiger charge is 2.20. The number of hydrogen-bond acceptors (Lipinski definition) is 3. The second-order valence-electron chi connectivity index (χ2n) is 15.5. The Morgan fingerprint density at radius 2 is 0.667 bits per heavy atom. The molecule has 0 heterocycles. The molecule has 0 aromatic carbocycles. The molecule has 0 aromatic rings. The van der Waals surface area contributed by atoms with E-state index in [9.17, 15) is 15.0 Å². The molecule has 0 fully saturated rings. The number of hydrogen-bond donors (Lipinski definition) is 3. The van der Waals surface area contributed by atoms with Crippen LogP contribution in [0.5, 0.6) is 0 Å². The highest BCUT2D eigenvalue weighted by Crippen LogP contribution is 2.17. The molecule has 0 bridgehead atoms. The molecule has 48 heavy (non-hydrogen) atoms. The molecule has 0 saturated carbocycles. The lowest BCUT2D eigenvalue weighted by Gasteiger charge is -2.22. The molecule has 1 amide bonds. The summed E-state index contributed by atoms with van der Waals surface area (Å²) in [5, 5.41) is 23.2. The standard InChI is InChI=1S/C44H89NO3/c1-3-5-7-9-11-13-15-17-19-21-22-24-26-28-30-32-34-36-38-40-44(48)45-42(41-46)43(47)39-37-35-33-31-29-27-25-23-20-18-16-14-12-10-8-6-4-2/h42-43,46-47H,3-41H2,1-2H3,(H,45,48)/t42-,43+/m0/s1. The molecule has 4 heteroatoms. The van der Waals surface area contributed by atoms with Gasteiger partial charge in [-0.1, -0.05) is 239 Å². The molecule has 4 nitrogen and oxygen atoms in total. The first-order valence-electron chi connectivity index (χ1n) is 22.2. The Morgan fingerprint density at radius 3 is 0.938 bits per heavy atom. The molecule has 0 aromatic heterocycles. The lowest BCUT2D eigenvalue weighted by Crippen LogP contribution is -2.45. The zero-order chi connectivity index (χ0) is 35.0. The molecular formula is C44H89NO3. The summed E-state index contributed by atoms with van der Waals surface area (Å²) in [6, 6.07) is -0.529. The minimum Gasteiger partial charge on any atom is -0.394 e. The SMILES string of the molecule is CCCCCCCCCCCCCCCCCCCCCC(=O)N[C@@H](CO)[C@H](O)CCCCCCCCCCCCCCCCCCC. The van der Waals surface area contributed by atoms with Crippen molar-refractivity contribution >= 4 is 5.91 Å². The molecule has 2 atom stereocenters. The third-order valence-electron chi connectivity index (χ3n) is 10.6. The summed E-state index contributed by atoms with van der Waals surface area (Å²) in [5.41, 5.74) is 0. The quantitative estimate of drug-likeness (QED) is 0.0563. The molecule has 0 rings (SSSR count). The van der Waals surface area contributed by atoms with Gasteiger partial charge in [0.2, 0.25) is 5.91 Å². The largest absolute Gasteiger partial charge is 0.394 e. The molecular weight excluding hydrogens is 590 g/mol. The van der Waals surface area contributed by atoms with Gasteiger partial charge in [0.15, 0.2) is 0 Å². The summed E-state index contributed by atoms with van der Waals surface area (Å²) in [7, 11) is 0. The van der Waals surface area contributed by atoms with E-state index in [1.54, 1.807) is 0 Å². The number of unbranched alkanes of at least 4 members (excludes halogenated alkanes) is 34. The fourth-order valence-electron chi connectivity index (χ4n) is 7.19. The van der Waals surface area contributed by atoms with Gasteiger partial charge in [-0.3, -0.25) is 4.79 Å². The summed E-state index contributed by atoms with van der Waals surface area (Å²) in [6.07, 6.45) is 48.9. The minimum atomic E-state index is -0.652. The van der Waals surface area contributed by atoms with Crippen LogP contribution in [0.4, 0.5) is 0 Å². The van der Waals surface area contributed by atoms with E-state index in [0.29, 0.717) is 12.8 Å². The van der Waals surface area contributed by atoms with E-state index in [2.05, 4.69) is 19.2 Å². The number of carbonyl (C=O) groups excluding carboxylic acids is 1. The molecule has 0 saturated heterocycles. The van der Waals surface area contributed by atoms with Gasteiger partial charge in [-0.2, -0.15) is 0 Å². The van der Waals surface area contributed by atoms with Gasteiger partial charge >= 0.3 is 0 Å². The number of nitrogens with one attached hydrogen (secondary N) is 1. The second kappa shape index (κ2) is 40.8. The van der Waals surface area contributed by atoms with Crippen molar-refractivity contribution in [3.63, 3.8) is 0 Å². The number of amides is 1. The van der Waals surface area contributed by atoms with Crippen LogP contribution in [0.3, 0.4) is 0 Å². The normalized spacial score (nSPS) is 12.8. The summed E-state index contributed by atoms with van der Waals surface area (Å²) < 4.78 is 0. The van der Waals surface area contributed by atoms with Gasteiger partial charge in [0.1, 0.15) is 0 Å². The third kappa shape index (κ3) is 36.7. The van der Waals surface area contributed by atoms with E-state index in [0.717, 1.165) is 25.7 Å². The smallest absolute Gasteiger partial charge is 0.220 e. The first-order valence-corrected chi connectivity index (χ1v) is 22.2. The maximum absolute atomic E-state index is 12.4. The predicted octanol–water partition coefficient (Wildman–Crippen LogP) is 13.7. The van der Waals surface area contributed by atoms with Gasteiger partial charge in [-0.15, -0.1) is 0 Å². The van der Waals surface area contributed by atoms with Crippen molar-refractivity contribution in [2.24, 2.45) is 0 Å². The van der Waals surface area contributed by atoms with E-state index in [1.807, 2.05) is 0 Å². The summed E-state index contributed by atoms with van der Waals surface area (Å²) in [4.78, 5) is 12.4. The first kappa shape index (κ1) is 47.4. The van der Waals surface area contributed by atoms with Crippen molar-refractivity contribution in [1.29, 1.82) is 0 Å². The van der Waals surface area contributed by atoms with Gasteiger partial charge in [0.05, 0.1) is 18.8 Å². The highest BCUT2D eigenvalue weighted by molar-refractivity contribution is 5.76. The van der Waals surface area contributed by atoms with E-state index >= 15 is 0 Å². The molecule has 0 aliphatic rings. The van der Waals surface area contributed by atoms with E-state index in [-0.39, 0.29) is 12.5 Å². The Labute approximate surface area is 302 Å². The van der Waals surface area contributed by atoms with Crippen molar-refractivity contribution in [2.75, 3.05) is 6.61 Å². The van der Waals surface area contributed by atoms with Crippen LogP contribution in [0.15, 0.2) is 0 Å². The Hall–Kier alpha value is -0.610. The van der Waals surface area contributed by atoms with Crippen LogP contribution in [0.2, 0.25) is 0 Å². The highest BCUT2D eigenvalue weighted by atomic mass is 16.3.